The lowest BCUT2D eigenvalue weighted by atomic mass is 9.99. The van der Waals surface area contributed by atoms with Crippen LogP contribution in [0.4, 0.5) is 11.5 Å². The standard InChI is InChI=1S/C19H25N3/c1-15-10-12-22(13-11-15)18-8-6-17(7-9-18)14-20-19-5-3-4-16(2)21-19/h3-9,15H,10-14H2,1-2H3,(H,20,21). The highest BCUT2D eigenvalue weighted by molar-refractivity contribution is 5.48. The third-order valence-corrected chi connectivity index (χ3v) is 4.45. The van der Waals surface area contributed by atoms with Gasteiger partial charge in [-0.15, -0.1) is 0 Å². The topological polar surface area (TPSA) is 28.2 Å². The van der Waals surface area contributed by atoms with Crippen LogP contribution in [-0.4, -0.2) is 18.1 Å². The number of piperidine rings is 1. The molecule has 0 atom stereocenters. The average molecular weight is 295 g/mol. The molecule has 2 heterocycles. The monoisotopic (exact) mass is 295 g/mol. The van der Waals surface area contributed by atoms with Gasteiger partial charge in [-0.1, -0.05) is 25.1 Å². The molecule has 116 valence electrons. The first-order chi connectivity index (χ1) is 10.7. The summed E-state index contributed by atoms with van der Waals surface area (Å²) in [4.78, 5) is 6.97. The molecule has 0 bridgehead atoms. The van der Waals surface area contributed by atoms with Gasteiger partial charge in [-0.25, -0.2) is 4.98 Å². The maximum atomic E-state index is 4.47. The summed E-state index contributed by atoms with van der Waals surface area (Å²) in [7, 11) is 0. The van der Waals surface area contributed by atoms with E-state index in [-0.39, 0.29) is 0 Å². The van der Waals surface area contributed by atoms with Crippen molar-refractivity contribution in [2.45, 2.75) is 33.2 Å². The van der Waals surface area contributed by atoms with E-state index in [1.165, 1.54) is 37.2 Å². The largest absolute Gasteiger partial charge is 0.372 e. The first kappa shape index (κ1) is 14.9. The summed E-state index contributed by atoms with van der Waals surface area (Å²) in [6, 6.07) is 15.0. The molecule has 1 aromatic heterocycles. The Bertz CT molecular complexity index is 598. The molecule has 1 fully saturated rings. The Kier molecular flexibility index (Phi) is 4.62. The van der Waals surface area contributed by atoms with Gasteiger partial charge in [0.05, 0.1) is 0 Å². The SMILES string of the molecule is Cc1cccc(NCc2ccc(N3CCC(C)CC3)cc2)n1. The van der Waals surface area contributed by atoms with E-state index < -0.39 is 0 Å². The van der Waals surface area contributed by atoms with Gasteiger partial charge in [0.25, 0.3) is 0 Å². The second kappa shape index (κ2) is 6.82. The second-order valence-electron chi connectivity index (χ2n) is 6.35. The summed E-state index contributed by atoms with van der Waals surface area (Å²) in [5, 5.41) is 3.38. The Hall–Kier alpha value is -2.03. The van der Waals surface area contributed by atoms with Gasteiger partial charge < -0.3 is 10.2 Å². The summed E-state index contributed by atoms with van der Waals surface area (Å²) in [5.41, 5.74) is 3.68. The predicted octanol–water partition coefficient (Wildman–Crippen LogP) is 4.24. The highest BCUT2D eigenvalue weighted by Crippen LogP contribution is 2.23. The summed E-state index contributed by atoms with van der Waals surface area (Å²) < 4.78 is 0. The van der Waals surface area contributed by atoms with Crippen LogP contribution in [0.25, 0.3) is 0 Å². The van der Waals surface area contributed by atoms with Crippen LogP contribution in [0.3, 0.4) is 0 Å². The fourth-order valence-electron chi connectivity index (χ4n) is 2.93. The first-order valence-corrected chi connectivity index (χ1v) is 8.22. The summed E-state index contributed by atoms with van der Waals surface area (Å²) in [6.45, 7) is 7.55. The van der Waals surface area contributed by atoms with Crippen LogP contribution in [-0.2, 0) is 6.54 Å². The molecule has 0 aliphatic carbocycles. The molecular formula is C19H25N3. The minimum absolute atomic E-state index is 0.813. The number of anilines is 2. The fraction of sp³-hybridized carbons (Fsp3) is 0.421. The van der Waals surface area contributed by atoms with Gasteiger partial charge in [-0.2, -0.15) is 0 Å². The molecule has 3 rings (SSSR count). The molecule has 2 aromatic rings. The first-order valence-electron chi connectivity index (χ1n) is 8.22. The van der Waals surface area contributed by atoms with Crippen molar-refractivity contribution in [3.8, 4) is 0 Å². The summed E-state index contributed by atoms with van der Waals surface area (Å²) in [5.74, 6) is 1.82. The van der Waals surface area contributed by atoms with E-state index in [9.17, 15) is 0 Å². The molecule has 3 heteroatoms. The molecule has 1 N–H and O–H groups in total. The van der Waals surface area contributed by atoms with E-state index in [4.69, 9.17) is 0 Å². The van der Waals surface area contributed by atoms with E-state index in [1.54, 1.807) is 0 Å². The number of rotatable bonds is 4. The van der Waals surface area contributed by atoms with E-state index >= 15 is 0 Å². The van der Waals surface area contributed by atoms with Crippen LogP contribution >= 0.6 is 0 Å². The van der Waals surface area contributed by atoms with E-state index in [0.29, 0.717) is 0 Å². The van der Waals surface area contributed by atoms with Crippen molar-refractivity contribution in [1.29, 1.82) is 0 Å². The molecule has 0 spiro atoms. The number of pyridine rings is 1. The highest BCUT2D eigenvalue weighted by Gasteiger charge is 2.15. The van der Waals surface area contributed by atoms with Crippen LogP contribution in [0.5, 0.6) is 0 Å². The molecule has 1 saturated heterocycles. The number of hydrogen-bond acceptors (Lipinski definition) is 3. The normalized spacial score (nSPS) is 15.8. The molecule has 1 aliphatic heterocycles. The third kappa shape index (κ3) is 3.79. The van der Waals surface area contributed by atoms with E-state index in [2.05, 4.69) is 46.4 Å². The minimum Gasteiger partial charge on any atom is -0.372 e. The van der Waals surface area contributed by atoms with Crippen molar-refractivity contribution in [1.82, 2.24) is 4.98 Å². The average Bonchev–Trinajstić information content (AvgIpc) is 2.54. The molecule has 1 aromatic carbocycles. The van der Waals surface area contributed by atoms with Gasteiger partial charge in [-0.3, -0.25) is 0 Å². The predicted molar refractivity (Wildman–Crippen MR) is 93.4 cm³/mol. The molecule has 3 nitrogen and oxygen atoms in total. The van der Waals surface area contributed by atoms with Crippen LogP contribution < -0.4 is 10.2 Å². The van der Waals surface area contributed by atoms with Gasteiger partial charge in [0.15, 0.2) is 0 Å². The summed E-state index contributed by atoms with van der Waals surface area (Å²) in [6.07, 6.45) is 2.62. The number of aryl methyl sites for hydroxylation is 1. The fourth-order valence-corrected chi connectivity index (χ4v) is 2.93. The third-order valence-electron chi connectivity index (χ3n) is 4.45. The van der Waals surface area contributed by atoms with E-state index in [1.807, 2.05) is 25.1 Å². The van der Waals surface area contributed by atoms with Gasteiger partial charge in [-0.05, 0) is 55.5 Å². The highest BCUT2D eigenvalue weighted by atomic mass is 15.1. The molecule has 22 heavy (non-hydrogen) atoms. The second-order valence-corrected chi connectivity index (χ2v) is 6.35. The number of aromatic nitrogens is 1. The lowest BCUT2D eigenvalue weighted by molar-refractivity contribution is 0.438. The van der Waals surface area contributed by atoms with Gasteiger partial charge >= 0.3 is 0 Å². The number of nitrogens with one attached hydrogen (secondary N) is 1. The van der Waals surface area contributed by atoms with Crippen LogP contribution in [0.15, 0.2) is 42.5 Å². The summed E-state index contributed by atoms with van der Waals surface area (Å²) >= 11 is 0. The van der Waals surface area contributed by atoms with Gasteiger partial charge in [0.2, 0.25) is 0 Å². The Morgan fingerprint density at radius 1 is 1.09 bits per heavy atom. The quantitative estimate of drug-likeness (QED) is 0.914. The Morgan fingerprint density at radius 3 is 2.50 bits per heavy atom. The van der Waals surface area contributed by atoms with Crippen molar-refractivity contribution in [2.75, 3.05) is 23.3 Å². The molecule has 1 aliphatic rings. The number of hydrogen-bond donors (Lipinski definition) is 1. The number of nitrogens with zero attached hydrogens (tertiary/aromatic N) is 2. The van der Waals surface area contributed by atoms with Gasteiger partial charge in [0.1, 0.15) is 5.82 Å². The maximum Gasteiger partial charge on any atom is 0.126 e. The van der Waals surface area contributed by atoms with Crippen LogP contribution in [0.1, 0.15) is 31.0 Å². The van der Waals surface area contributed by atoms with Crippen molar-refractivity contribution < 1.29 is 0 Å². The lowest BCUT2D eigenvalue weighted by Crippen LogP contribution is -2.32. The maximum absolute atomic E-state index is 4.47. The lowest BCUT2D eigenvalue weighted by Gasteiger charge is -2.32. The zero-order valence-electron chi connectivity index (χ0n) is 13.5. The van der Waals surface area contributed by atoms with Gasteiger partial charge in [0, 0.05) is 31.0 Å². The van der Waals surface area contributed by atoms with Crippen molar-refractivity contribution in [2.24, 2.45) is 5.92 Å². The molecule has 0 saturated carbocycles. The Morgan fingerprint density at radius 2 is 1.82 bits per heavy atom. The Labute approximate surface area is 133 Å². The molecule has 0 unspecified atom stereocenters. The zero-order chi connectivity index (χ0) is 15.4. The van der Waals surface area contributed by atoms with Crippen LogP contribution in [0, 0.1) is 12.8 Å². The van der Waals surface area contributed by atoms with Crippen molar-refractivity contribution in [3.05, 3.63) is 53.7 Å². The smallest absolute Gasteiger partial charge is 0.126 e. The van der Waals surface area contributed by atoms with E-state index in [0.717, 1.165) is 24.0 Å². The molecule has 0 amide bonds. The Balaban J connectivity index is 1.57. The zero-order valence-corrected chi connectivity index (χ0v) is 13.5. The van der Waals surface area contributed by atoms with Crippen molar-refractivity contribution >= 4 is 11.5 Å². The number of benzene rings is 1. The van der Waals surface area contributed by atoms with Crippen molar-refractivity contribution in [3.63, 3.8) is 0 Å². The molecular weight excluding hydrogens is 270 g/mol. The molecule has 0 radical (unpaired) electrons. The van der Waals surface area contributed by atoms with Crippen LogP contribution in [0.2, 0.25) is 0 Å². The minimum atomic E-state index is 0.813.